The first-order valence-corrected chi connectivity index (χ1v) is 14.7. The number of nitrogens with zero attached hydrogens (tertiary/aromatic N) is 1. The van der Waals surface area contributed by atoms with Crippen LogP contribution in [0.5, 0.6) is 0 Å². The molecule has 4 N–H and O–H groups in total. The fraction of sp³-hybridized carbons (Fsp3) is 0.759. The highest BCUT2D eigenvalue weighted by atomic mass is 35.5. The molecule has 3 rings (SSSR count). The second-order valence-corrected chi connectivity index (χ2v) is 11.5. The highest BCUT2D eigenvalue weighted by Crippen LogP contribution is 2.42. The monoisotopic (exact) mass is 555 g/mol. The van der Waals surface area contributed by atoms with Crippen molar-refractivity contribution in [3.05, 3.63) is 34.6 Å². The lowest BCUT2D eigenvalue weighted by Crippen LogP contribution is -2.57. The van der Waals surface area contributed by atoms with E-state index in [1.807, 2.05) is 7.05 Å². The number of ether oxygens (including phenoxy) is 1. The van der Waals surface area contributed by atoms with Crippen molar-refractivity contribution in [3.63, 3.8) is 0 Å². The molecule has 38 heavy (non-hydrogen) atoms. The molecule has 1 aliphatic heterocycles. The number of aliphatic hydroxyl groups is 2. The summed E-state index contributed by atoms with van der Waals surface area (Å²) in [6.07, 6.45) is 9.04. The van der Waals surface area contributed by atoms with Gasteiger partial charge in [-0.25, -0.2) is 9.18 Å². The van der Waals surface area contributed by atoms with Gasteiger partial charge in [0.1, 0.15) is 5.82 Å². The summed E-state index contributed by atoms with van der Waals surface area (Å²) >= 11 is 6.10. The number of piperidine rings is 1. The van der Waals surface area contributed by atoms with Gasteiger partial charge in [-0.05, 0) is 64.0 Å². The summed E-state index contributed by atoms with van der Waals surface area (Å²) in [5.41, 5.74) is -1.28. The number of likely N-dealkylation sites (N-methyl/N-ethyl adjacent to an activating group) is 1. The maximum Gasteiger partial charge on any atom is 0.317 e. The molecule has 0 bridgehead atoms. The van der Waals surface area contributed by atoms with Gasteiger partial charge in [-0.1, -0.05) is 49.4 Å². The van der Waals surface area contributed by atoms with Crippen LogP contribution in [-0.4, -0.2) is 73.7 Å². The number of halogens is 2. The van der Waals surface area contributed by atoms with Gasteiger partial charge >= 0.3 is 6.03 Å². The van der Waals surface area contributed by atoms with Crippen LogP contribution in [0.3, 0.4) is 0 Å². The van der Waals surface area contributed by atoms with E-state index in [0.717, 1.165) is 32.1 Å². The topological polar surface area (TPSA) is 94.1 Å². The predicted molar refractivity (Wildman–Crippen MR) is 149 cm³/mol. The van der Waals surface area contributed by atoms with E-state index in [1.165, 1.54) is 18.9 Å². The van der Waals surface area contributed by atoms with Gasteiger partial charge in [-0.15, -0.1) is 0 Å². The Balaban J connectivity index is 1.74. The number of aliphatic hydroxyl groups excluding tert-OH is 1. The molecule has 216 valence electrons. The normalized spacial score (nSPS) is 22.4. The molecule has 0 aromatic heterocycles. The van der Waals surface area contributed by atoms with Crippen molar-refractivity contribution in [2.24, 2.45) is 11.8 Å². The quantitative estimate of drug-likeness (QED) is 0.219. The fourth-order valence-corrected chi connectivity index (χ4v) is 6.47. The van der Waals surface area contributed by atoms with E-state index in [2.05, 4.69) is 10.6 Å². The molecule has 0 radical (unpaired) electrons. The Morgan fingerprint density at radius 3 is 2.63 bits per heavy atom. The Labute approximate surface area is 232 Å². The Bertz CT molecular complexity index is 870. The molecule has 1 heterocycles. The number of carbonyl (C=O) groups excluding carboxylic acids is 1. The molecule has 4 atom stereocenters. The van der Waals surface area contributed by atoms with E-state index in [0.29, 0.717) is 51.9 Å². The van der Waals surface area contributed by atoms with Crippen molar-refractivity contribution in [3.8, 4) is 0 Å². The average molecular weight is 556 g/mol. The molecule has 2 fully saturated rings. The van der Waals surface area contributed by atoms with Crippen LogP contribution in [0.4, 0.5) is 9.18 Å². The van der Waals surface area contributed by atoms with E-state index in [4.69, 9.17) is 16.3 Å². The van der Waals surface area contributed by atoms with Gasteiger partial charge in [-0.2, -0.15) is 0 Å². The minimum atomic E-state index is -1.47. The van der Waals surface area contributed by atoms with Crippen molar-refractivity contribution in [2.45, 2.75) is 88.4 Å². The number of unbranched alkanes of at least 4 members (excludes halogenated alkanes) is 1. The van der Waals surface area contributed by atoms with E-state index in [1.54, 1.807) is 24.1 Å². The predicted octanol–water partition coefficient (Wildman–Crippen LogP) is 4.82. The summed E-state index contributed by atoms with van der Waals surface area (Å²) in [5, 5.41) is 29.4. The summed E-state index contributed by atoms with van der Waals surface area (Å²) in [7, 11) is 3.45. The number of urea groups is 1. The second kappa shape index (κ2) is 15.4. The molecular weight excluding hydrogens is 509 g/mol. The molecule has 1 aromatic carbocycles. The maximum atomic E-state index is 15.2. The van der Waals surface area contributed by atoms with Crippen LogP contribution in [0, 0.1) is 17.7 Å². The zero-order chi connectivity index (χ0) is 27.5. The van der Waals surface area contributed by atoms with E-state index < -0.39 is 23.6 Å². The molecular formula is C29H47ClFN3O4. The Morgan fingerprint density at radius 1 is 1.21 bits per heavy atom. The lowest BCUT2D eigenvalue weighted by molar-refractivity contribution is -0.0590. The molecule has 1 saturated carbocycles. The van der Waals surface area contributed by atoms with Gasteiger partial charge in [0.05, 0.1) is 22.8 Å². The van der Waals surface area contributed by atoms with Crippen LogP contribution in [0.25, 0.3) is 0 Å². The SMILES string of the molecule is CNCC(NC(=O)N1CCCC(C(O)(CCCCOC)c2cccc(Cl)c2F)C1)C(O)C1CCCCCC1. The first kappa shape index (κ1) is 31.1. The summed E-state index contributed by atoms with van der Waals surface area (Å²) in [5.74, 6) is -0.786. The first-order chi connectivity index (χ1) is 18.3. The molecule has 1 aliphatic carbocycles. The van der Waals surface area contributed by atoms with Gasteiger partial charge in [0.2, 0.25) is 0 Å². The van der Waals surface area contributed by atoms with Crippen LogP contribution < -0.4 is 10.6 Å². The largest absolute Gasteiger partial charge is 0.391 e. The Kier molecular flexibility index (Phi) is 12.6. The number of benzene rings is 1. The first-order valence-electron chi connectivity index (χ1n) is 14.4. The molecule has 2 aliphatic rings. The summed E-state index contributed by atoms with van der Waals surface area (Å²) < 4.78 is 20.4. The maximum absolute atomic E-state index is 15.2. The van der Waals surface area contributed by atoms with Crippen LogP contribution in [0.1, 0.15) is 76.2 Å². The smallest absolute Gasteiger partial charge is 0.317 e. The van der Waals surface area contributed by atoms with Crippen LogP contribution in [0.2, 0.25) is 5.02 Å². The highest BCUT2D eigenvalue weighted by molar-refractivity contribution is 6.30. The van der Waals surface area contributed by atoms with Crippen LogP contribution in [-0.2, 0) is 10.3 Å². The van der Waals surface area contributed by atoms with Gasteiger partial charge in [0.25, 0.3) is 0 Å². The van der Waals surface area contributed by atoms with Crippen molar-refractivity contribution >= 4 is 17.6 Å². The number of rotatable bonds is 12. The Hall–Kier alpha value is -1.45. The van der Waals surface area contributed by atoms with Crippen LogP contribution >= 0.6 is 11.6 Å². The molecule has 9 heteroatoms. The van der Waals surface area contributed by atoms with E-state index >= 15 is 4.39 Å². The van der Waals surface area contributed by atoms with Crippen molar-refractivity contribution in [1.29, 1.82) is 0 Å². The summed E-state index contributed by atoms with van der Waals surface area (Å²) in [6.45, 7) is 1.87. The van der Waals surface area contributed by atoms with Gasteiger partial charge in [0, 0.05) is 44.8 Å². The number of hydrogen-bond donors (Lipinski definition) is 4. The molecule has 7 nitrogen and oxygen atoms in total. The zero-order valence-corrected chi connectivity index (χ0v) is 23.8. The van der Waals surface area contributed by atoms with Gasteiger partial charge in [0.15, 0.2) is 0 Å². The number of hydrogen-bond acceptors (Lipinski definition) is 5. The molecule has 1 aromatic rings. The number of methoxy groups -OCH3 is 1. The molecule has 1 saturated heterocycles. The van der Waals surface area contributed by atoms with Crippen molar-refractivity contribution in [2.75, 3.05) is 40.4 Å². The highest BCUT2D eigenvalue weighted by Gasteiger charge is 2.43. The van der Waals surface area contributed by atoms with E-state index in [9.17, 15) is 15.0 Å². The summed E-state index contributed by atoms with van der Waals surface area (Å²) in [6, 6.07) is 4.08. The van der Waals surface area contributed by atoms with Gasteiger partial charge in [-0.3, -0.25) is 0 Å². The molecule has 4 unspecified atom stereocenters. The third kappa shape index (κ3) is 8.04. The molecule has 0 spiro atoms. The second-order valence-electron chi connectivity index (χ2n) is 11.1. The third-order valence-electron chi connectivity index (χ3n) is 8.49. The van der Waals surface area contributed by atoms with Crippen LogP contribution in [0.15, 0.2) is 18.2 Å². The number of carbonyl (C=O) groups is 1. The number of amides is 2. The zero-order valence-electron chi connectivity index (χ0n) is 23.1. The van der Waals surface area contributed by atoms with Gasteiger partial charge < -0.3 is 30.5 Å². The molecule has 2 amide bonds. The standard InChI is InChI=1S/C29H47ClFN3O4/c1-32-19-25(27(35)21-11-5-3-4-6-12-21)33-28(36)34-17-10-13-22(20-34)29(37,16-7-8-18-38-2)23-14-9-15-24(30)26(23)31/h9,14-15,21-22,25,27,32,35,37H,3-8,10-13,16-20H2,1-2H3,(H,33,36). The number of likely N-dealkylation sites (tertiary alicyclic amines) is 1. The lowest BCUT2D eigenvalue weighted by atomic mass is 9.74. The third-order valence-corrected chi connectivity index (χ3v) is 8.78. The lowest BCUT2D eigenvalue weighted by Gasteiger charge is -2.43. The summed E-state index contributed by atoms with van der Waals surface area (Å²) in [4.78, 5) is 15.2. The average Bonchev–Trinajstić information content (AvgIpc) is 3.21. The minimum absolute atomic E-state index is 0.0226. The Morgan fingerprint density at radius 2 is 1.95 bits per heavy atom. The van der Waals surface area contributed by atoms with E-state index in [-0.39, 0.29) is 28.5 Å². The fourth-order valence-electron chi connectivity index (χ4n) is 6.30. The number of nitrogens with one attached hydrogen (secondary N) is 2. The van der Waals surface area contributed by atoms with Crippen molar-refractivity contribution < 1.29 is 24.1 Å². The minimum Gasteiger partial charge on any atom is -0.391 e. The van der Waals surface area contributed by atoms with Crippen molar-refractivity contribution in [1.82, 2.24) is 15.5 Å².